The van der Waals surface area contributed by atoms with E-state index >= 15 is 0 Å². The summed E-state index contributed by atoms with van der Waals surface area (Å²) in [5, 5.41) is 9.20. The molecule has 0 radical (unpaired) electrons. The predicted octanol–water partition coefficient (Wildman–Crippen LogP) is 0.876. The summed E-state index contributed by atoms with van der Waals surface area (Å²) in [5.41, 5.74) is -0.523. The van der Waals surface area contributed by atoms with Crippen LogP contribution in [-0.4, -0.2) is 59.6 Å². The molecule has 2 saturated heterocycles. The van der Waals surface area contributed by atoms with Crippen LogP contribution in [0, 0.1) is 5.41 Å². The van der Waals surface area contributed by atoms with Crippen LogP contribution in [-0.2, 0) is 4.79 Å². The highest BCUT2D eigenvalue weighted by atomic mass is 16.4. The second-order valence-corrected chi connectivity index (χ2v) is 5.76. The number of carbonyl (C=O) groups is 1. The summed E-state index contributed by atoms with van der Waals surface area (Å²) >= 11 is 0. The molecule has 2 aliphatic rings. The van der Waals surface area contributed by atoms with E-state index in [-0.39, 0.29) is 0 Å². The van der Waals surface area contributed by atoms with Crippen LogP contribution >= 0.6 is 0 Å². The van der Waals surface area contributed by atoms with Crippen molar-refractivity contribution in [3.8, 4) is 0 Å². The Bertz CT molecular complexity index is 285. The molecule has 3 unspecified atom stereocenters. The summed E-state index contributed by atoms with van der Waals surface area (Å²) in [4.78, 5) is 15.9. The number of hydrogen-bond acceptors (Lipinski definition) is 3. The molecule has 0 aromatic carbocycles. The lowest BCUT2D eigenvalue weighted by atomic mass is 9.90. The molecule has 0 aromatic heterocycles. The predicted molar refractivity (Wildman–Crippen MR) is 62.4 cm³/mol. The quantitative estimate of drug-likeness (QED) is 0.759. The molecular formula is C12H22N2O2. The van der Waals surface area contributed by atoms with Gasteiger partial charge in [0.15, 0.2) is 0 Å². The Morgan fingerprint density at radius 2 is 2.19 bits per heavy atom. The number of aliphatic carboxylic acids is 1. The van der Waals surface area contributed by atoms with Crippen molar-refractivity contribution in [2.75, 3.05) is 26.7 Å². The van der Waals surface area contributed by atoms with Crippen LogP contribution < -0.4 is 0 Å². The van der Waals surface area contributed by atoms with Crippen molar-refractivity contribution in [1.29, 1.82) is 0 Å². The summed E-state index contributed by atoms with van der Waals surface area (Å²) in [6, 6.07) is 1.18. The maximum Gasteiger partial charge on any atom is 0.310 e. The maximum atomic E-state index is 11.2. The van der Waals surface area contributed by atoms with Crippen molar-refractivity contribution in [3.63, 3.8) is 0 Å². The first-order valence-electron chi connectivity index (χ1n) is 6.10. The SMILES string of the molecule is CC1CC(N2CCC(C)(C(=O)O)C2)CN1C. The fourth-order valence-corrected chi connectivity index (χ4v) is 2.91. The molecule has 0 aliphatic carbocycles. The van der Waals surface area contributed by atoms with Gasteiger partial charge in [-0.15, -0.1) is 0 Å². The average molecular weight is 226 g/mol. The molecule has 4 heteroatoms. The highest BCUT2D eigenvalue weighted by Gasteiger charge is 2.44. The van der Waals surface area contributed by atoms with Crippen molar-refractivity contribution >= 4 is 5.97 Å². The van der Waals surface area contributed by atoms with E-state index in [4.69, 9.17) is 0 Å². The molecule has 2 rings (SSSR count). The fraction of sp³-hybridized carbons (Fsp3) is 0.917. The zero-order valence-electron chi connectivity index (χ0n) is 10.4. The van der Waals surface area contributed by atoms with Crippen LogP contribution in [0.15, 0.2) is 0 Å². The smallest absolute Gasteiger partial charge is 0.310 e. The molecule has 16 heavy (non-hydrogen) atoms. The second kappa shape index (κ2) is 4.00. The average Bonchev–Trinajstić information content (AvgIpc) is 2.73. The molecule has 4 nitrogen and oxygen atoms in total. The number of nitrogens with zero attached hydrogens (tertiary/aromatic N) is 2. The van der Waals surface area contributed by atoms with Gasteiger partial charge in [-0.25, -0.2) is 0 Å². The van der Waals surface area contributed by atoms with E-state index in [1.807, 2.05) is 6.92 Å². The first-order chi connectivity index (χ1) is 7.42. The Morgan fingerprint density at radius 1 is 1.50 bits per heavy atom. The molecule has 2 heterocycles. The number of likely N-dealkylation sites (N-methyl/N-ethyl adjacent to an activating group) is 1. The van der Waals surface area contributed by atoms with Gasteiger partial charge in [-0.05, 0) is 40.3 Å². The highest BCUT2D eigenvalue weighted by Crippen LogP contribution is 2.33. The van der Waals surface area contributed by atoms with Gasteiger partial charge in [0.2, 0.25) is 0 Å². The standard InChI is InChI=1S/C12H22N2O2/c1-9-6-10(7-13(9)3)14-5-4-12(2,8-14)11(15)16/h9-10H,4-8H2,1-3H3,(H,15,16). The number of carboxylic acid groups (broad SMARTS) is 1. The molecule has 0 spiro atoms. The topological polar surface area (TPSA) is 43.8 Å². The first kappa shape index (κ1) is 11.9. The van der Waals surface area contributed by atoms with Crippen molar-refractivity contribution < 1.29 is 9.90 Å². The Labute approximate surface area is 97.2 Å². The van der Waals surface area contributed by atoms with Crippen LogP contribution in [0.1, 0.15) is 26.7 Å². The zero-order valence-corrected chi connectivity index (χ0v) is 10.4. The number of rotatable bonds is 2. The summed E-state index contributed by atoms with van der Waals surface area (Å²) < 4.78 is 0. The lowest BCUT2D eigenvalue weighted by Crippen LogP contribution is -2.38. The van der Waals surface area contributed by atoms with Crippen LogP contribution in [0.25, 0.3) is 0 Å². The van der Waals surface area contributed by atoms with Gasteiger partial charge in [-0.1, -0.05) is 0 Å². The molecule has 92 valence electrons. The molecule has 0 saturated carbocycles. The molecule has 1 N–H and O–H groups in total. The van der Waals surface area contributed by atoms with Crippen molar-refractivity contribution in [2.45, 2.75) is 38.8 Å². The number of likely N-dealkylation sites (tertiary alicyclic amines) is 2. The van der Waals surface area contributed by atoms with E-state index in [1.165, 1.54) is 6.42 Å². The Morgan fingerprint density at radius 3 is 2.62 bits per heavy atom. The number of hydrogen-bond donors (Lipinski definition) is 1. The molecule has 3 atom stereocenters. The van der Waals surface area contributed by atoms with E-state index in [2.05, 4.69) is 23.8 Å². The van der Waals surface area contributed by atoms with Gasteiger partial charge in [-0.3, -0.25) is 9.69 Å². The van der Waals surface area contributed by atoms with Gasteiger partial charge in [0.25, 0.3) is 0 Å². The summed E-state index contributed by atoms with van der Waals surface area (Å²) in [6.45, 7) is 6.85. The highest BCUT2D eigenvalue weighted by molar-refractivity contribution is 5.74. The molecular weight excluding hydrogens is 204 g/mol. The van der Waals surface area contributed by atoms with Crippen molar-refractivity contribution in [2.24, 2.45) is 5.41 Å². The van der Waals surface area contributed by atoms with Gasteiger partial charge < -0.3 is 10.0 Å². The second-order valence-electron chi connectivity index (χ2n) is 5.76. The monoisotopic (exact) mass is 226 g/mol. The lowest BCUT2D eigenvalue weighted by Gasteiger charge is -2.25. The first-order valence-corrected chi connectivity index (χ1v) is 6.10. The van der Waals surface area contributed by atoms with E-state index < -0.39 is 11.4 Å². The minimum atomic E-state index is -0.644. The van der Waals surface area contributed by atoms with E-state index in [0.29, 0.717) is 18.6 Å². The van der Waals surface area contributed by atoms with Gasteiger partial charge in [-0.2, -0.15) is 0 Å². The Kier molecular flexibility index (Phi) is 2.97. The third-order valence-electron chi connectivity index (χ3n) is 4.40. The lowest BCUT2D eigenvalue weighted by molar-refractivity contribution is -0.147. The molecule has 0 bridgehead atoms. The molecule has 0 aromatic rings. The van der Waals surface area contributed by atoms with Crippen LogP contribution in [0.5, 0.6) is 0 Å². The normalized spacial score (nSPS) is 41.7. The van der Waals surface area contributed by atoms with Crippen molar-refractivity contribution in [3.05, 3.63) is 0 Å². The molecule has 2 aliphatic heterocycles. The summed E-state index contributed by atoms with van der Waals surface area (Å²) in [6.07, 6.45) is 1.96. The van der Waals surface area contributed by atoms with E-state index in [1.54, 1.807) is 0 Å². The van der Waals surface area contributed by atoms with Crippen molar-refractivity contribution in [1.82, 2.24) is 9.80 Å². The minimum Gasteiger partial charge on any atom is -0.481 e. The Balaban J connectivity index is 1.97. The summed E-state index contributed by atoms with van der Waals surface area (Å²) in [5.74, 6) is -0.644. The van der Waals surface area contributed by atoms with Gasteiger partial charge in [0.1, 0.15) is 0 Å². The van der Waals surface area contributed by atoms with Crippen LogP contribution in [0.4, 0.5) is 0 Å². The third kappa shape index (κ3) is 1.96. The van der Waals surface area contributed by atoms with Crippen LogP contribution in [0.3, 0.4) is 0 Å². The Hall–Kier alpha value is -0.610. The van der Waals surface area contributed by atoms with Crippen LogP contribution in [0.2, 0.25) is 0 Å². The van der Waals surface area contributed by atoms with Gasteiger partial charge >= 0.3 is 5.97 Å². The third-order valence-corrected chi connectivity index (χ3v) is 4.40. The van der Waals surface area contributed by atoms with Gasteiger partial charge in [0.05, 0.1) is 5.41 Å². The van der Waals surface area contributed by atoms with E-state index in [0.717, 1.165) is 19.5 Å². The minimum absolute atomic E-state index is 0.523. The zero-order chi connectivity index (χ0) is 11.9. The molecule has 2 fully saturated rings. The van der Waals surface area contributed by atoms with Gasteiger partial charge in [0, 0.05) is 25.2 Å². The fourth-order valence-electron chi connectivity index (χ4n) is 2.91. The largest absolute Gasteiger partial charge is 0.481 e. The molecule has 0 amide bonds. The maximum absolute atomic E-state index is 11.2. The summed E-state index contributed by atoms with van der Waals surface area (Å²) in [7, 11) is 2.15. The van der Waals surface area contributed by atoms with E-state index in [9.17, 15) is 9.90 Å². The number of carboxylic acids is 1.